The highest BCUT2D eigenvalue weighted by Crippen LogP contribution is 2.24. The third-order valence-corrected chi connectivity index (χ3v) is 3.92. The van der Waals surface area contributed by atoms with Crippen molar-refractivity contribution in [3.8, 4) is 5.69 Å². The predicted molar refractivity (Wildman–Crippen MR) is 81.5 cm³/mol. The van der Waals surface area contributed by atoms with Crippen LogP contribution in [-0.2, 0) is 6.42 Å². The van der Waals surface area contributed by atoms with Crippen LogP contribution in [0.15, 0.2) is 53.3 Å². The molecule has 0 aliphatic heterocycles. The molecule has 2 aromatic carbocycles. The molecule has 2 N–H and O–H groups in total. The topological polar surface area (TPSA) is 43.8 Å². The molecule has 1 aromatic heterocycles. The molecule has 0 aliphatic rings. The van der Waals surface area contributed by atoms with E-state index in [9.17, 15) is 0 Å². The Morgan fingerprint density at radius 2 is 2.00 bits per heavy atom. The van der Waals surface area contributed by atoms with Gasteiger partial charge in [0.05, 0.1) is 11.0 Å². The van der Waals surface area contributed by atoms with Crippen molar-refractivity contribution in [3.63, 3.8) is 0 Å². The second kappa shape index (κ2) is 5.15. The normalized spacial score (nSPS) is 11.1. The van der Waals surface area contributed by atoms with Crippen molar-refractivity contribution in [1.82, 2.24) is 9.55 Å². The standard InChI is InChI=1S/C15H14BrN3/c16-13-9-12(6-5-11(13)7-8-17)19-10-18-14-3-1-2-4-15(14)19/h1-6,9-10H,7-8,17H2. The Hall–Kier alpha value is -1.65. The van der Waals surface area contributed by atoms with Gasteiger partial charge < -0.3 is 5.73 Å². The summed E-state index contributed by atoms with van der Waals surface area (Å²) in [5.41, 5.74) is 10.0. The minimum absolute atomic E-state index is 0.659. The van der Waals surface area contributed by atoms with E-state index in [0.717, 1.165) is 27.6 Å². The number of hydrogen-bond acceptors (Lipinski definition) is 2. The van der Waals surface area contributed by atoms with Gasteiger partial charge in [-0.05, 0) is 42.8 Å². The minimum Gasteiger partial charge on any atom is -0.330 e. The smallest absolute Gasteiger partial charge is 0.100 e. The summed E-state index contributed by atoms with van der Waals surface area (Å²) in [5, 5.41) is 0. The lowest BCUT2D eigenvalue weighted by molar-refractivity contribution is 0.960. The highest BCUT2D eigenvalue weighted by Gasteiger charge is 2.06. The van der Waals surface area contributed by atoms with Crippen LogP contribution in [0.4, 0.5) is 0 Å². The van der Waals surface area contributed by atoms with E-state index in [1.807, 2.05) is 24.5 Å². The van der Waals surface area contributed by atoms with Crippen molar-refractivity contribution >= 4 is 27.0 Å². The summed E-state index contributed by atoms with van der Waals surface area (Å²) in [5.74, 6) is 0. The van der Waals surface area contributed by atoms with Crippen LogP contribution in [0, 0.1) is 0 Å². The number of fused-ring (bicyclic) bond motifs is 1. The molecule has 3 aromatic rings. The lowest BCUT2D eigenvalue weighted by Crippen LogP contribution is -2.03. The number of nitrogens with two attached hydrogens (primary N) is 1. The van der Waals surface area contributed by atoms with Crippen molar-refractivity contribution in [2.75, 3.05) is 6.54 Å². The van der Waals surface area contributed by atoms with Gasteiger partial charge >= 0.3 is 0 Å². The van der Waals surface area contributed by atoms with Crippen LogP contribution < -0.4 is 5.73 Å². The third kappa shape index (κ3) is 2.29. The minimum atomic E-state index is 0.659. The number of benzene rings is 2. The van der Waals surface area contributed by atoms with E-state index in [-0.39, 0.29) is 0 Å². The van der Waals surface area contributed by atoms with Crippen molar-refractivity contribution in [2.45, 2.75) is 6.42 Å². The molecule has 1 heterocycles. The number of hydrogen-bond donors (Lipinski definition) is 1. The summed E-state index contributed by atoms with van der Waals surface area (Å²) < 4.78 is 3.18. The van der Waals surface area contributed by atoms with Gasteiger partial charge in [0.15, 0.2) is 0 Å². The quantitative estimate of drug-likeness (QED) is 0.806. The van der Waals surface area contributed by atoms with E-state index >= 15 is 0 Å². The first-order valence-electron chi connectivity index (χ1n) is 6.20. The highest BCUT2D eigenvalue weighted by molar-refractivity contribution is 9.10. The Bertz CT molecular complexity index is 718. The fraction of sp³-hybridized carbons (Fsp3) is 0.133. The molecule has 0 saturated heterocycles. The number of imidazole rings is 1. The molecule has 3 nitrogen and oxygen atoms in total. The predicted octanol–water partition coefficient (Wildman–Crippen LogP) is 3.29. The number of rotatable bonds is 3. The summed E-state index contributed by atoms with van der Waals surface area (Å²) in [6.07, 6.45) is 2.74. The summed E-state index contributed by atoms with van der Waals surface area (Å²) >= 11 is 3.61. The molecule has 0 unspecified atom stereocenters. The van der Waals surface area contributed by atoms with E-state index in [0.29, 0.717) is 6.54 Å². The van der Waals surface area contributed by atoms with Gasteiger partial charge in [-0.2, -0.15) is 0 Å². The Morgan fingerprint density at radius 1 is 1.16 bits per heavy atom. The molecule has 0 fully saturated rings. The largest absolute Gasteiger partial charge is 0.330 e. The zero-order valence-corrected chi connectivity index (χ0v) is 12.0. The monoisotopic (exact) mass is 315 g/mol. The number of nitrogens with zero attached hydrogens (tertiary/aromatic N) is 2. The molecule has 0 spiro atoms. The Morgan fingerprint density at radius 3 is 2.79 bits per heavy atom. The molecule has 0 amide bonds. The average molecular weight is 316 g/mol. The number of aromatic nitrogens is 2. The van der Waals surface area contributed by atoms with Gasteiger partial charge in [-0.25, -0.2) is 4.98 Å². The van der Waals surface area contributed by atoms with Gasteiger partial charge in [0.25, 0.3) is 0 Å². The lowest BCUT2D eigenvalue weighted by atomic mass is 10.1. The van der Waals surface area contributed by atoms with Gasteiger partial charge in [-0.15, -0.1) is 0 Å². The van der Waals surface area contributed by atoms with Crippen LogP contribution in [0.25, 0.3) is 16.7 Å². The highest BCUT2D eigenvalue weighted by atomic mass is 79.9. The lowest BCUT2D eigenvalue weighted by Gasteiger charge is -2.08. The summed E-state index contributed by atoms with van der Waals surface area (Å²) in [6, 6.07) is 14.4. The van der Waals surface area contributed by atoms with Crippen molar-refractivity contribution in [3.05, 3.63) is 58.8 Å². The summed E-state index contributed by atoms with van der Waals surface area (Å²) in [6.45, 7) is 0.659. The fourth-order valence-corrected chi connectivity index (χ4v) is 2.77. The van der Waals surface area contributed by atoms with Gasteiger partial charge in [0.2, 0.25) is 0 Å². The van der Waals surface area contributed by atoms with Crippen LogP contribution in [0.3, 0.4) is 0 Å². The maximum absolute atomic E-state index is 5.60. The van der Waals surface area contributed by atoms with Crippen molar-refractivity contribution in [1.29, 1.82) is 0 Å². The first-order chi connectivity index (χ1) is 9.29. The van der Waals surface area contributed by atoms with Gasteiger partial charge in [0.1, 0.15) is 6.33 Å². The van der Waals surface area contributed by atoms with E-state index in [4.69, 9.17) is 5.73 Å². The molecule has 96 valence electrons. The molecule has 0 aliphatic carbocycles. The molecule has 0 bridgehead atoms. The summed E-state index contributed by atoms with van der Waals surface area (Å²) in [7, 11) is 0. The molecular formula is C15H14BrN3. The third-order valence-electron chi connectivity index (χ3n) is 3.18. The average Bonchev–Trinajstić information content (AvgIpc) is 2.85. The van der Waals surface area contributed by atoms with Crippen LogP contribution >= 0.6 is 15.9 Å². The first kappa shape index (κ1) is 12.4. The van der Waals surface area contributed by atoms with E-state index in [1.165, 1.54) is 5.56 Å². The molecular weight excluding hydrogens is 302 g/mol. The van der Waals surface area contributed by atoms with E-state index < -0.39 is 0 Å². The Balaban J connectivity index is 2.09. The summed E-state index contributed by atoms with van der Waals surface area (Å²) in [4.78, 5) is 4.41. The maximum atomic E-state index is 5.60. The van der Waals surface area contributed by atoms with Gasteiger partial charge in [0, 0.05) is 10.2 Å². The zero-order valence-electron chi connectivity index (χ0n) is 10.4. The molecule has 4 heteroatoms. The molecule has 0 saturated carbocycles. The fourth-order valence-electron chi connectivity index (χ4n) is 2.21. The van der Waals surface area contributed by atoms with Crippen molar-refractivity contribution in [2.24, 2.45) is 5.73 Å². The van der Waals surface area contributed by atoms with Gasteiger partial charge in [-0.1, -0.05) is 34.1 Å². The number of para-hydroxylation sites is 2. The van der Waals surface area contributed by atoms with E-state index in [2.05, 4.69) is 49.7 Å². The Kier molecular flexibility index (Phi) is 3.36. The molecule has 3 rings (SSSR count). The first-order valence-corrected chi connectivity index (χ1v) is 7.00. The molecule has 0 atom stereocenters. The second-order valence-corrected chi connectivity index (χ2v) is 5.27. The second-order valence-electron chi connectivity index (χ2n) is 4.42. The van der Waals surface area contributed by atoms with Crippen LogP contribution in [0.5, 0.6) is 0 Å². The van der Waals surface area contributed by atoms with Crippen LogP contribution in [-0.4, -0.2) is 16.1 Å². The maximum Gasteiger partial charge on any atom is 0.100 e. The molecule has 0 radical (unpaired) electrons. The Labute approximate surface area is 120 Å². The van der Waals surface area contributed by atoms with Gasteiger partial charge in [-0.3, -0.25) is 4.57 Å². The van der Waals surface area contributed by atoms with Crippen molar-refractivity contribution < 1.29 is 0 Å². The number of halogens is 1. The van der Waals surface area contributed by atoms with Crippen LogP contribution in [0.2, 0.25) is 0 Å². The zero-order chi connectivity index (χ0) is 13.2. The van der Waals surface area contributed by atoms with Crippen LogP contribution in [0.1, 0.15) is 5.56 Å². The SMILES string of the molecule is NCCc1ccc(-n2cnc3ccccc32)cc1Br. The molecule has 19 heavy (non-hydrogen) atoms. The van der Waals surface area contributed by atoms with E-state index in [1.54, 1.807) is 0 Å².